The van der Waals surface area contributed by atoms with Gasteiger partial charge in [0.2, 0.25) is 5.95 Å². The van der Waals surface area contributed by atoms with Crippen LogP contribution in [0.25, 0.3) is 10.9 Å². The van der Waals surface area contributed by atoms with Gasteiger partial charge in [0.1, 0.15) is 0 Å². The van der Waals surface area contributed by atoms with Gasteiger partial charge in [-0.05, 0) is 24.3 Å². The fourth-order valence-corrected chi connectivity index (χ4v) is 2.56. The van der Waals surface area contributed by atoms with E-state index in [0.717, 1.165) is 22.3 Å². The molecular weight excluding hydrogens is 326 g/mol. The van der Waals surface area contributed by atoms with E-state index in [2.05, 4.69) is 25.6 Å². The van der Waals surface area contributed by atoms with Crippen LogP contribution >= 0.6 is 0 Å². The number of para-hydroxylation sites is 2. The molecule has 0 spiro atoms. The fraction of sp³-hybridized carbons (Fsp3) is 0. The van der Waals surface area contributed by atoms with E-state index in [1.165, 1.54) is 12.4 Å². The van der Waals surface area contributed by atoms with Crippen LogP contribution in [0.1, 0.15) is 10.4 Å². The number of pyridine rings is 1. The predicted octanol–water partition coefficient (Wildman–Crippen LogP) is 4.02. The molecule has 2 heterocycles. The minimum Gasteiger partial charge on any atom is -0.322 e. The predicted molar refractivity (Wildman–Crippen MR) is 101 cm³/mol. The van der Waals surface area contributed by atoms with Crippen molar-refractivity contribution in [3.05, 3.63) is 84.8 Å². The van der Waals surface area contributed by atoms with Gasteiger partial charge in [0.25, 0.3) is 5.91 Å². The number of anilines is 3. The van der Waals surface area contributed by atoms with Crippen molar-refractivity contribution in [3.63, 3.8) is 0 Å². The van der Waals surface area contributed by atoms with Crippen LogP contribution in [-0.2, 0) is 0 Å². The van der Waals surface area contributed by atoms with Crippen molar-refractivity contribution in [3.8, 4) is 0 Å². The average Bonchev–Trinajstić information content (AvgIpc) is 2.70. The maximum absolute atomic E-state index is 12.2. The van der Waals surface area contributed by atoms with Crippen molar-refractivity contribution in [1.82, 2.24) is 15.0 Å². The highest BCUT2D eigenvalue weighted by Crippen LogP contribution is 2.22. The third-order valence-electron chi connectivity index (χ3n) is 3.82. The second-order valence-electron chi connectivity index (χ2n) is 5.62. The second-order valence-corrected chi connectivity index (χ2v) is 5.62. The quantitative estimate of drug-likeness (QED) is 0.586. The lowest BCUT2D eigenvalue weighted by atomic mass is 10.2. The number of carbonyl (C=O) groups excluding carboxylic acids is 1. The SMILES string of the molecule is O=C(Nc1ccccc1)c1cnc(Nc2cccc3cccnc23)nc1. The summed E-state index contributed by atoms with van der Waals surface area (Å²) in [6.07, 6.45) is 4.73. The van der Waals surface area contributed by atoms with E-state index < -0.39 is 0 Å². The molecule has 0 radical (unpaired) electrons. The first-order valence-corrected chi connectivity index (χ1v) is 8.09. The Hall–Kier alpha value is -3.80. The van der Waals surface area contributed by atoms with Crippen molar-refractivity contribution in [2.24, 2.45) is 0 Å². The molecule has 1 amide bonds. The average molecular weight is 341 g/mol. The number of benzene rings is 2. The normalized spacial score (nSPS) is 10.5. The van der Waals surface area contributed by atoms with Gasteiger partial charge in [-0.25, -0.2) is 9.97 Å². The minimum atomic E-state index is -0.255. The summed E-state index contributed by atoms with van der Waals surface area (Å²) >= 11 is 0. The first-order valence-electron chi connectivity index (χ1n) is 8.09. The summed E-state index contributed by atoms with van der Waals surface area (Å²) in [7, 11) is 0. The van der Waals surface area contributed by atoms with Crippen molar-refractivity contribution in [2.75, 3.05) is 10.6 Å². The molecule has 6 heteroatoms. The number of aromatic nitrogens is 3. The van der Waals surface area contributed by atoms with Crippen molar-refractivity contribution in [1.29, 1.82) is 0 Å². The molecule has 0 aliphatic heterocycles. The number of fused-ring (bicyclic) bond motifs is 1. The van der Waals surface area contributed by atoms with Crippen molar-refractivity contribution < 1.29 is 4.79 Å². The van der Waals surface area contributed by atoms with Crippen LogP contribution in [0.15, 0.2) is 79.3 Å². The number of hydrogen-bond donors (Lipinski definition) is 2. The number of amides is 1. The molecule has 2 aromatic carbocycles. The minimum absolute atomic E-state index is 0.255. The standard InChI is InChI=1S/C20H15N5O/c26-19(24-16-8-2-1-3-9-16)15-12-22-20(23-13-15)25-17-10-4-6-14-7-5-11-21-18(14)17/h1-13H,(H,24,26)(H,22,23,25). The molecule has 0 aliphatic carbocycles. The Morgan fingerprint density at radius 2 is 1.58 bits per heavy atom. The largest absolute Gasteiger partial charge is 0.322 e. The zero-order valence-electron chi connectivity index (χ0n) is 13.8. The van der Waals surface area contributed by atoms with Gasteiger partial charge in [-0.2, -0.15) is 0 Å². The van der Waals surface area contributed by atoms with Crippen LogP contribution in [0.2, 0.25) is 0 Å². The molecule has 0 fully saturated rings. The fourth-order valence-electron chi connectivity index (χ4n) is 2.56. The lowest BCUT2D eigenvalue weighted by Crippen LogP contribution is -2.13. The van der Waals surface area contributed by atoms with Gasteiger partial charge in [0.15, 0.2) is 0 Å². The molecule has 0 saturated heterocycles. The zero-order chi connectivity index (χ0) is 17.8. The summed E-state index contributed by atoms with van der Waals surface area (Å²) in [5, 5.41) is 6.97. The number of hydrogen-bond acceptors (Lipinski definition) is 5. The Kier molecular flexibility index (Phi) is 4.22. The van der Waals surface area contributed by atoms with Crippen LogP contribution < -0.4 is 10.6 Å². The maximum Gasteiger partial charge on any atom is 0.258 e. The molecule has 6 nitrogen and oxygen atoms in total. The van der Waals surface area contributed by atoms with E-state index in [1.807, 2.05) is 60.7 Å². The highest BCUT2D eigenvalue weighted by atomic mass is 16.1. The van der Waals surface area contributed by atoms with Gasteiger partial charge in [-0.1, -0.05) is 36.4 Å². The first kappa shape index (κ1) is 15.7. The monoisotopic (exact) mass is 341 g/mol. The van der Waals surface area contributed by atoms with E-state index >= 15 is 0 Å². The highest BCUT2D eigenvalue weighted by molar-refractivity contribution is 6.03. The topological polar surface area (TPSA) is 79.8 Å². The van der Waals surface area contributed by atoms with Crippen molar-refractivity contribution in [2.45, 2.75) is 0 Å². The lowest BCUT2D eigenvalue weighted by molar-refractivity contribution is 0.102. The lowest BCUT2D eigenvalue weighted by Gasteiger charge is -2.08. The van der Waals surface area contributed by atoms with E-state index in [4.69, 9.17) is 0 Å². The van der Waals surface area contributed by atoms with Gasteiger partial charge in [-0.3, -0.25) is 9.78 Å². The molecule has 0 bridgehead atoms. The van der Waals surface area contributed by atoms with Crippen LogP contribution in [0.3, 0.4) is 0 Å². The molecule has 4 aromatic rings. The number of rotatable bonds is 4. The van der Waals surface area contributed by atoms with E-state index in [-0.39, 0.29) is 5.91 Å². The maximum atomic E-state index is 12.2. The van der Waals surface area contributed by atoms with Crippen LogP contribution in [-0.4, -0.2) is 20.9 Å². The highest BCUT2D eigenvalue weighted by Gasteiger charge is 2.09. The number of nitrogens with one attached hydrogen (secondary N) is 2. The zero-order valence-corrected chi connectivity index (χ0v) is 13.8. The Bertz CT molecular complexity index is 1040. The molecule has 0 atom stereocenters. The molecule has 2 N–H and O–H groups in total. The third kappa shape index (κ3) is 3.34. The Labute approximate surface area is 150 Å². The summed E-state index contributed by atoms with van der Waals surface area (Å²) < 4.78 is 0. The van der Waals surface area contributed by atoms with E-state index in [0.29, 0.717) is 11.5 Å². The Morgan fingerprint density at radius 1 is 0.808 bits per heavy atom. The Balaban J connectivity index is 1.51. The van der Waals surface area contributed by atoms with Crippen LogP contribution in [0.4, 0.5) is 17.3 Å². The van der Waals surface area contributed by atoms with E-state index in [1.54, 1.807) is 6.20 Å². The van der Waals surface area contributed by atoms with Gasteiger partial charge < -0.3 is 10.6 Å². The van der Waals surface area contributed by atoms with E-state index in [9.17, 15) is 4.79 Å². The van der Waals surface area contributed by atoms with Gasteiger partial charge >= 0.3 is 0 Å². The molecule has 0 saturated carbocycles. The van der Waals surface area contributed by atoms with Gasteiger partial charge in [0, 0.05) is 29.7 Å². The molecule has 126 valence electrons. The van der Waals surface area contributed by atoms with Crippen molar-refractivity contribution >= 4 is 34.1 Å². The molecule has 0 unspecified atom stereocenters. The van der Waals surface area contributed by atoms with Gasteiger partial charge in [-0.15, -0.1) is 0 Å². The molecular formula is C20H15N5O. The summed E-state index contributed by atoms with van der Waals surface area (Å²) in [4.78, 5) is 25.1. The molecule has 26 heavy (non-hydrogen) atoms. The van der Waals surface area contributed by atoms with Crippen LogP contribution in [0, 0.1) is 0 Å². The van der Waals surface area contributed by atoms with Gasteiger partial charge in [0.05, 0.1) is 16.8 Å². The summed E-state index contributed by atoms with van der Waals surface area (Å²) in [5.74, 6) is 0.147. The summed E-state index contributed by atoms with van der Waals surface area (Å²) in [6.45, 7) is 0. The first-order chi connectivity index (χ1) is 12.8. The molecule has 2 aromatic heterocycles. The smallest absolute Gasteiger partial charge is 0.258 e. The second kappa shape index (κ2) is 6.98. The molecule has 0 aliphatic rings. The van der Waals surface area contributed by atoms with Crippen LogP contribution in [0.5, 0.6) is 0 Å². The summed E-state index contributed by atoms with van der Waals surface area (Å²) in [6, 6.07) is 19.0. The summed E-state index contributed by atoms with van der Waals surface area (Å²) in [5.41, 5.74) is 2.76. The number of nitrogens with zero attached hydrogens (tertiary/aromatic N) is 3. The number of carbonyl (C=O) groups is 1. The third-order valence-corrected chi connectivity index (χ3v) is 3.82. The Morgan fingerprint density at radius 3 is 2.38 bits per heavy atom. The molecule has 4 rings (SSSR count).